The Kier molecular flexibility index (Phi) is 7.13. The van der Waals surface area contributed by atoms with E-state index in [1.165, 1.54) is 0 Å². The van der Waals surface area contributed by atoms with E-state index >= 15 is 0 Å². The van der Waals surface area contributed by atoms with Crippen molar-refractivity contribution in [3.63, 3.8) is 0 Å². The average molecular weight is 284 g/mol. The van der Waals surface area contributed by atoms with Gasteiger partial charge in [-0.15, -0.1) is 11.8 Å². The number of hydrogen-bond donors (Lipinski definition) is 3. The number of hydrogen-bond acceptors (Lipinski definition) is 5. The number of nitrogens with zero attached hydrogens (tertiary/aromatic N) is 3. The summed E-state index contributed by atoms with van der Waals surface area (Å²) in [7, 11) is 1.63. The molecular weight excluding hydrogens is 268 g/mol. The van der Waals surface area contributed by atoms with Gasteiger partial charge in [-0.1, -0.05) is 0 Å². The van der Waals surface area contributed by atoms with Crippen LogP contribution in [0.25, 0.3) is 0 Å². The molecule has 0 fully saturated rings. The topological polar surface area (TPSA) is 88.9 Å². The third-order valence-corrected chi connectivity index (χ3v) is 3.78. The summed E-state index contributed by atoms with van der Waals surface area (Å²) < 4.78 is 0. The number of H-pyrrole nitrogens is 1. The molecule has 0 aliphatic heterocycles. The number of thioether (sulfide) groups is 2. The van der Waals surface area contributed by atoms with Gasteiger partial charge in [0, 0.05) is 25.1 Å². The van der Waals surface area contributed by atoms with Crippen LogP contribution in [0.3, 0.4) is 0 Å². The molecule has 0 saturated carbocycles. The van der Waals surface area contributed by atoms with E-state index in [1.807, 2.05) is 12.4 Å². The largest absolute Gasteiger partial charge is 0.355 e. The maximum atomic E-state index is 8.45. The summed E-state index contributed by atoms with van der Waals surface area (Å²) in [5, 5.41) is 15.0. The number of aromatic amines is 1. The van der Waals surface area contributed by atoms with E-state index in [-0.39, 0.29) is 0 Å². The Morgan fingerprint density at radius 3 is 3.17 bits per heavy atom. The molecule has 1 aromatic rings. The Bertz CT molecular complexity index is 422. The minimum Gasteiger partial charge on any atom is -0.355 e. The number of nitrogens with one attached hydrogen (secondary N) is 3. The third-order valence-electron chi connectivity index (χ3n) is 2.06. The molecule has 1 aromatic heterocycles. The van der Waals surface area contributed by atoms with Gasteiger partial charge in [-0.05, 0) is 6.26 Å². The standard InChI is InChI=1S/C10H16N6S2/c1-12-10(14-6-11)13-3-4-18-5-8-9(17-2)16-7-15-8/h7H,3-5H2,1-2H3,(H,15,16)(H2,12,13,14). The van der Waals surface area contributed by atoms with E-state index in [2.05, 4.69) is 25.6 Å². The van der Waals surface area contributed by atoms with Gasteiger partial charge in [0.25, 0.3) is 0 Å². The fraction of sp³-hybridized carbons (Fsp3) is 0.500. The number of aromatic nitrogens is 2. The normalized spacial score (nSPS) is 11.1. The summed E-state index contributed by atoms with van der Waals surface area (Å²) in [5.41, 5.74) is 1.16. The van der Waals surface area contributed by atoms with Crippen LogP contribution in [0.15, 0.2) is 16.3 Å². The molecule has 1 rings (SSSR count). The maximum absolute atomic E-state index is 8.45. The van der Waals surface area contributed by atoms with Crippen LogP contribution in [0.1, 0.15) is 5.69 Å². The second-order valence-corrected chi connectivity index (χ2v) is 5.08. The first-order chi connectivity index (χ1) is 8.81. The van der Waals surface area contributed by atoms with Gasteiger partial charge in [0.2, 0.25) is 5.96 Å². The molecule has 0 aliphatic rings. The first-order valence-electron chi connectivity index (χ1n) is 5.31. The van der Waals surface area contributed by atoms with Gasteiger partial charge in [0.05, 0.1) is 12.0 Å². The fourth-order valence-electron chi connectivity index (χ4n) is 1.24. The molecule has 0 atom stereocenters. The molecular formula is C10H16N6S2. The van der Waals surface area contributed by atoms with Gasteiger partial charge in [0.1, 0.15) is 5.03 Å². The Balaban J connectivity index is 2.18. The lowest BCUT2D eigenvalue weighted by Gasteiger charge is -2.06. The molecule has 0 aromatic carbocycles. The number of imidazole rings is 1. The number of nitriles is 1. The summed E-state index contributed by atoms with van der Waals surface area (Å²) in [6, 6.07) is 0. The second-order valence-electron chi connectivity index (χ2n) is 3.18. The van der Waals surface area contributed by atoms with E-state index < -0.39 is 0 Å². The predicted octanol–water partition coefficient (Wildman–Crippen LogP) is 1.01. The Morgan fingerprint density at radius 1 is 1.67 bits per heavy atom. The van der Waals surface area contributed by atoms with Crippen molar-refractivity contribution in [2.45, 2.75) is 10.8 Å². The van der Waals surface area contributed by atoms with Crippen molar-refractivity contribution in [3.8, 4) is 6.19 Å². The predicted molar refractivity (Wildman–Crippen MR) is 76.6 cm³/mol. The molecule has 0 unspecified atom stereocenters. The van der Waals surface area contributed by atoms with Crippen LogP contribution < -0.4 is 10.6 Å². The highest BCUT2D eigenvalue weighted by Crippen LogP contribution is 2.19. The van der Waals surface area contributed by atoms with Crippen molar-refractivity contribution in [2.24, 2.45) is 4.99 Å². The Labute approximate surface area is 115 Å². The van der Waals surface area contributed by atoms with Crippen LogP contribution in [0.2, 0.25) is 0 Å². The number of guanidine groups is 1. The summed E-state index contributed by atoms with van der Waals surface area (Å²) in [4.78, 5) is 11.2. The molecule has 0 radical (unpaired) electrons. The first-order valence-corrected chi connectivity index (χ1v) is 7.69. The van der Waals surface area contributed by atoms with E-state index in [1.54, 1.807) is 36.9 Å². The van der Waals surface area contributed by atoms with Crippen molar-refractivity contribution in [2.75, 3.05) is 25.6 Å². The highest BCUT2D eigenvalue weighted by atomic mass is 32.2. The minimum atomic E-state index is 0.504. The summed E-state index contributed by atoms with van der Waals surface area (Å²) in [5.74, 6) is 2.34. The molecule has 0 bridgehead atoms. The van der Waals surface area contributed by atoms with E-state index in [0.29, 0.717) is 5.96 Å². The lowest BCUT2D eigenvalue weighted by atomic mass is 10.6. The number of rotatable bonds is 6. The molecule has 0 amide bonds. The average Bonchev–Trinajstić information content (AvgIpc) is 2.84. The van der Waals surface area contributed by atoms with Crippen LogP contribution >= 0.6 is 23.5 Å². The van der Waals surface area contributed by atoms with Gasteiger partial charge in [-0.25, -0.2) is 4.98 Å². The van der Waals surface area contributed by atoms with Gasteiger partial charge in [-0.2, -0.15) is 17.0 Å². The van der Waals surface area contributed by atoms with Crippen LogP contribution in [-0.2, 0) is 5.75 Å². The highest BCUT2D eigenvalue weighted by molar-refractivity contribution is 7.99. The molecule has 0 saturated heterocycles. The van der Waals surface area contributed by atoms with Crippen molar-refractivity contribution in [1.29, 1.82) is 5.26 Å². The Morgan fingerprint density at radius 2 is 2.50 bits per heavy atom. The zero-order valence-electron chi connectivity index (χ0n) is 10.4. The molecule has 8 heteroatoms. The fourth-order valence-corrected chi connectivity index (χ4v) is 2.68. The second kappa shape index (κ2) is 8.72. The monoisotopic (exact) mass is 284 g/mol. The molecule has 18 heavy (non-hydrogen) atoms. The quantitative estimate of drug-likeness (QED) is 0.180. The lowest BCUT2D eigenvalue weighted by molar-refractivity contribution is 0.930. The maximum Gasteiger partial charge on any atom is 0.204 e. The van der Waals surface area contributed by atoms with Gasteiger partial charge >= 0.3 is 0 Å². The summed E-state index contributed by atoms with van der Waals surface area (Å²) in [6.07, 6.45) is 5.57. The molecule has 6 nitrogen and oxygen atoms in total. The molecule has 98 valence electrons. The van der Waals surface area contributed by atoms with Gasteiger partial charge in [0.15, 0.2) is 6.19 Å². The van der Waals surface area contributed by atoms with Crippen LogP contribution in [-0.4, -0.2) is 41.5 Å². The molecule has 1 heterocycles. The van der Waals surface area contributed by atoms with Crippen molar-refractivity contribution < 1.29 is 0 Å². The highest BCUT2D eigenvalue weighted by Gasteiger charge is 2.03. The molecule has 0 spiro atoms. The molecule has 3 N–H and O–H groups in total. The van der Waals surface area contributed by atoms with Crippen molar-refractivity contribution in [1.82, 2.24) is 20.6 Å². The van der Waals surface area contributed by atoms with E-state index in [4.69, 9.17) is 5.26 Å². The third kappa shape index (κ3) is 4.89. The van der Waals surface area contributed by atoms with Crippen LogP contribution in [0, 0.1) is 11.5 Å². The SMILES string of the molecule is CN=C(NC#N)NCCSCc1[nH]cnc1SC. The smallest absolute Gasteiger partial charge is 0.204 e. The lowest BCUT2D eigenvalue weighted by Crippen LogP contribution is -2.35. The van der Waals surface area contributed by atoms with E-state index in [9.17, 15) is 0 Å². The first kappa shape index (κ1) is 14.7. The van der Waals surface area contributed by atoms with Crippen LogP contribution in [0.5, 0.6) is 0 Å². The summed E-state index contributed by atoms with van der Waals surface area (Å²) >= 11 is 3.44. The number of aliphatic imine (C=N–C) groups is 1. The zero-order chi connectivity index (χ0) is 13.2. The van der Waals surface area contributed by atoms with Crippen molar-refractivity contribution in [3.05, 3.63) is 12.0 Å². The Hall–Kier alpha value is -1.33. The van der Waals surface area contributed by atoms with Gasteiger partial charge < -0.3 is 10.3 Å². The van der Waals surface area contributed by atoms with Crippen LogP contribution in [0.4, 0.5) is 0 Å². The van der Waals surface area contributed by atoms with Gasteiger partial charge in [-0.3, -0.25) is 10.3 Å². The summed E-state index contributed by atoms with van der Waals surface area (Å²) in [6.45, 7) is 0.759. The van der Waals surface area contributed by atoms with E-state index in [0.717, 1.165) is 28.8 Å². The van der Waals surface area contributed by atoms with Crippen molar-refractivity contribution >= 4 is 29.5 Å². The minimum absolute atomic E-state index is 0.504. The molecule has 0 aliphatic carbocycles. The zero-order valence-corrected chi connectivity index (χ0v) is 12.0.